The zero-order chi connectivity index (χ0) is 17.2. The first-order chi connectivity index (χ1) is 12.1. The highest BCUT2D eigenvalue weighted by atomic mass is 14.4. The minimum Gasteiger partial charge on any atom is -0.0875 e. The van der Waals surface area contributed by atoms with Gasteiger partial charge in [0.2, 0.25) is 0 Å². The lowest BCUT2D eigenvalue weighted by molar-refractivity contribution is 0.661. The molecule has 0 aromatic heterocycles. The van der Waals surface area contributed by atoms with Gasteiger partial charge in [0.15, 0.2) is 0 Å². The van der Waals surface area contributed by atoms with Crippen LogP contribution in [0.15, 0.2) is 66.7 Å². The van der Waals surface area contributed by atoms with Crippen LogP contribution in [0.1, 0.15) is 25.0 Å². The maximum absolute atomic E-state index is 2.44. The first kappa shape index (κ1) is 14.8. The van der Waals surface area contributed by atoms with Crippen molar-refractivity contribution in [1.82, 2.24) is 0 Å². The topological polar surface area (TPSA) is 0 Å². The molecule has 0 spiro atoms. The van der Waals surface area contributed by atoms with Gasteiger partial charge in [-0.25, -0.2) is 0 Å². The van der Waals surface area contributed by atoms with Gasteiger partial charge in [-0.15, -0.1) is 0 Å². The minimum atomic E-state index is 0.0524. The SMILES string of the molecule is C[B]c1ccc2ccc3cc4c(cc3c2c1)C(C)(C)c1ccccc1-4. The second kappa shape index (κ2) is 4.99. The molecule has 0 bridgehead atoms. The molecule has 1 aliphatic rings. The third-order valence-electron chi connectivity index (χ3n) is 5.90. The predicted molar refractivity (Wildman–Crippen MR) is 110 cm³/mol. The van der Waals surface area contributed by atoms with Crippen molar-refractivity contribution in [2.45, 2.75) is 26.1 Å². The lowest BCUT2D eigenvalue weighted by Crippen LogP contribution is -2.14. The summed E-state index contributed by atoms with van der Waals surface area (Å²) < 4.78 is 0. The average molecular weight is 319 g/mol. The van der Waals surface area contributed by atoms with E-state index in [-0.39, 0.29) is 5.41 Å². The van der Waals surface area contributed by atoms with E-state index in [0.717, 1.165) is 0 Å². The highest BCUT2D eigenvalue weighted by Crippen LogP contribution is 2.50. The second-order valence-electron chi connectivity index (χ2n) is 7.62. The number of hydrogen-bond donors (Lipinski definition) is 0. The molecule has 0 saturated carbocycles. The van der Waals surface area contributed by atoms with E-state index in [1.807, 2.05) is 0 Å². The first-order valence-electron chi connectivity index (χ1n) is 9.00. The monoisotopic (exact) mass is 319 g/mol. The van der Waals surface area contributed by atoms with Crippen LogP contribution in [-0.2, 0) is 5.41 Å². The Morgan fingerprint density at radius 3 is 2.24 bits per heavy atom. The number of rotatable bonds is 1. The molecule has 0 amide bonds. The molecule has 0 atom stereocenters. The van der Waals surface area contributed by atoms with Crippen LogP contribution in [0.5, 0.6) is 0 Å². The summed E-state index contributed by atoms with van der Waals surface area (Å²) in [5.74, 6) is 0. The van der Waals surface area contributed by atoms with Gasteiger partial charge in [-0.1, -0.05) is 80.7 Å². The average Bonchev–Trinajstić information content (AvgIpc) is 2.87. The molecule has 1 heteroatoms. The molecule has 25 heavy (non-hydrogen) atoms. The highest BCUT2D eigenvalue weighted by Gasteiger charge is 2.35. The van der Waals surface area contributed by atoms with Gasteiger partial charge in [0, 0.05) is 5.41 Å². The zero-order valence-corrected chi connectivity index (χ0v) is 14.9. The Labute approximate surface area is 149 Å². The largest absolute Gasteiger partial charge is 0.148 e. The summed E-state index contributed by atoms with van der Waals surface area (Å²) in [7, 11) is 2.17. The van der Waals surface area contributed by atoms with Crippen LogP contribution in [0.4, 0.5) is 0 Å². The zero-order valence-electron chi connectivity index (χ0n) is 14.9. The van der Waals surface area contributed by atoms with E-state index in [1.165, 1.54) is 49.3 Å². The van der Waals surface area contributed by atoms with E-state index in [0.29, 0.717) is 0 Å². The van der Waals surface area contributed by atoms with E-state index < -0.39 is 0 Å². The second-order valence-corrected chi connectivity index (χ2v) is 7.62. The quantitative estimate of drug-likeness (QED) is 0.313. The van der Waals surface area contributed by atoms with Crippen LogP contribution in [0.25, 0.3) is 32.7 Å². The fourth-order valence-corrected chi connectivity index (χ4v) is 4.45. The fourth-order valence-electron chi connectivity index (χ4n) is 4.45. The normalized spacial score (nSPS) is 14.5. The van der Waals surface area contributed by atoms with Crippen molar-refractivity contribution >= 4 is 34.3 Å². The van der Waals surface area contributed by atoms with Crippen molar-refractivity contribution < 1.29 is 0 Å². The lowest BCUT2D eigenvalue weighted by Gasteiger charge is -2.22. The molecule has 0 fully saturated rings. The molecule has 4 aromatic rings. The number of hydrogen-bond acceptors (Lipinski definition) is 0. The Balaban J connectivity index is 1.90. The van der Waals surface area contributed by atoms with Gasteiger partial charge in [0.05, 0.1) is 0 Å². The van der Waals surface area contributed by atoms with E-state index in [1.54, 1.807) is 0 Å². The summed E-state index contributed by atoms with van der Waals surface area (Å²) in [6.07, 6.45) is 0. The molecule has 1 radical (unpaired) electrons. The van der Waals surface area contributed by atoms with Crippen molar-refractivity contribution in [2.24, 2.45) is 0 Å². The minimum absolute atomic E-state index is 0.0524. The van der Waals surface area contributed by atoms with Crippen LogP contribution in [0, 0.1) is 0 Å². The third kappa shape index (κ3) is 1.96. The van der Waals surface area contributed by atoms with Crippen molar-refractivity contribution in [1.29, 1.82) is 0 Å². The molecule has 4 aromatic carbocycles. The molecule has 0 heterocycles. The summed E-state index contributed by atoms with van der Waals surface area (Å²) >= 11 is 0. The van der Waals surface area contributed by atoms with Crippen LogP contribution < -0.4 is 5.46 Å². The molecule has 0 unspecified atom stereocenters. The molecule has 119 valence electrons. The van der Waals surface area contributed by atoms with Crippen molar-refractivity contribution in [3.05, 3.63) is 77.9 Å². The molecule has 0 saturated heterocycles. The maximum Gasteiger partial charge on any atom is 0.148 e. The number of fused-ring (bicyclic) bond motifs is 6. The predicted octanol–water partition coefficient (Wildman–Crippen LogP) is 5.68. The van der Waals surface area contributed by atoms with E-state index in [2.05, 4.69) is 94.7 Å². The summed E-state index contributed by atoms with van der Waals surface area (Å²) in [5, 5.41) is 5.35. The fraction of sp³-hybridized carbons (Fsp3) is 0.167. The standard InChI is InChI=1S/C24H20B/c1-24(2)22-7-5-4-6-18(22)21-12-16-9-8-15-10-11-17(25-3)13-19(15)20(16)14-23(21)24/h4-14H,1-3H3. The van der Waals surface area contributed by atoms with E-state index in [9.17, 15) is 0 Å². The van der Waals surface area contributed by atoms with Gasteiger partial charge in [-0.3, -0.25) is 0 Å². The Kier molecular flexibility index (Phi) is 2.95. The van der Waals surface area contributed by atoms with E-state index in [4.69, 9.17) is 0 Å². The molecular weight excluding hydrogens is 299 g/mol. The van der Waals surface area contributed by atoms with Gasteiger partial charge in [0.25, 0.3) is 0 Å². The molecule has 0 N–H and O–H groups in total. The van der Waals surface area contributed by atoms with Crippen molar-refractivity contribution in [3.8, 4) is 11.1 Å². The molecule has 0 aliphatic heterocycles. The van der Waals surface area contributed by atoms with Gasteiger partial charge in [0.1, 0.15) is 7.28 Å². The summed E-state index contributed by atoms with van der Waals surface area (Å²) in [4.78, 5) is 0. The highest BCUT2D eigenvalue weighted by molar-refractivity contribution is 6.52. The van der Waals surface area contributed by atoms with E-state index >= 15 is 0 Å². The van der Waals surface area contributed by atoms with Crippen LogP contribution in [0.2, 0.25) is 6.82 Å². The Morgan fingerprint density at radius 1 is 0.680 bits per heavy atom. The third-order valence-corrected chi connectivity index (χ3v) is 5.90. The van der Waals surface area contributed by atoms with Gasteiger partial charge in [-0.05, 0) is 55.9 Å². The molecule has 5 rings (SSSR count). The number of benzene rings is 4. The van der Waals surface area contributed by atoms with Crippen molar-refractivity contribution in [2.75, 3.05) is 0 Å². The lowest BCUT2D eigenvalue weighted by atomic mass is 9.72. The maximum atomic E-state index is 2.44. The van der Waals surface area contributed by atoms with Crippen LogP contribution in [-0.4, -0.2) is 7.28 Å². The summed E-state index contributed by atoms with van der Waals surface area (Å²) in [5.41, 5.74) is 7.00. The van der Waals surface area contributed by atoms with Crippen LogP contribution in [0.3, 0.4) is 0 Å². The Morgan fingerprint density at radius 2 is 1.40 bits per heavy atom. The molecule has 0 nitrogen and oxygen atoms in total. The Hall–Kier alpha value is -2.54. The smallest absolute Gasteiger partial charge is 0.0875 e. The van der Waals surface area contributed by atoms with Gasteiger partial charge < -0.3 is 0 Å². The van der Waals surface area contributed by atoms with Crippen LogP contribution >= 0.6 is 0 Å². The molecule has 1 aliphatic carbocycles. The summed E-state index contributed by atoms with van der Waals surface area (Å²) in [6.45, 7) is 6.80. The molecular formula is C24H20B. The first-order valence-corrected chi connectivity index (χ1v) is 9.00. The van der Waals surface area contributed by atoms with Gasteiger partial charge in [-0.2, -0.15) is 0 Å². The Bertz CT molecular complexity index is 1150. The van der Waals surface area contributed by atoms with Crippen molar-refractivity contribution in [3.63, 3.8) is 0 Å². The van der Waals surface area contributed by atoms with Gasteiger partial charge >= 0.3 is 0 Å². The summed E-state index contributed by atoms with van der Waals surface area (Å²) in [6, 6.07) is 24.9.